The van der Waals surface area contributed by atoms with Gasteiger partial charge in [0.05, 0.1) is 5.69 Å². The Bertz CT molecular complexity index is 554. The number of hydrogen-bond donors (Lipinski definition) is 1. The number of anilines is 2. The van der Waals surface area contributed by atoms with Crippen molar-refractivity contribution in [3.8, 4) is 0 Å². The highest BCUT2D eigenvalue weighted by atomic mass is 19.1. The van der Waals surface area contributed by atoms with Gasteiger partial charge in [-0.05, 0) is 25.1 Å². The van der Waals surface area contributed by atoms with Crippen molar-refractivity contribution in [2.75, 3.05) is 11.4 Å². The van der Waals surface area contributed by atoms with Crippen LogP contribution in [0.5, 0.6) is 0 Å². The van der Waals surface area contributed by atoms with Crippen molar-refractivity contribution in [2.45, 2.75) is 33.4 Å². The highest BCUT2D eigenvalue weighted by Gasteiger charge is 2.14. The van der Waals surface area contributed by atoms with Gasteiger partial charge in [-0.1, -0.05) is 19.9 Å². The monoisotopic (exact) mass is 277 g/mol. The van der Waals surface area contributed by atoms with E-state index in [-0.39, 0.29) is 5.82 Å². The fourth-order valence-corrected chi connectivity index (χ4v) is 1.88. The largest absolute Gasteiger partial charge is 0.431 e. The topological polar surface area (TPSA) is 41.3 Å². The lowest BCUT2D eigenvalue weighted by Crippen LogP contribution is -2.22. The molecule has 5 heteroatoms. The first kappa shape index (κ1) is 14.5. The van der Waals surface area contributed by atoms with Crippen molar-refractivity contribution in [3.63, 3.8) is 0 Å². The van der Waals surface area contributed by atoms with Crippen LogP contribution in [-0.2, 0) is 6.54 Å². The van der Waals surface area contributed by atoms with Crippen LogP contribution in [0.15, 0.2) is 34.9 Å². The van der Waals surface area contributed by atoms with Gasteiger partial charge in [0.1, 0.15) is 12.1 Å². The highest BCUT2D eigenvalue weighted by molar-refractivity contribution is 5.55. The molecule has 0 aliphatic carbocycles. The van der Waals surface area contributed by atoms with E-state index in [1.54, 1.807) is 12.3 Å². The molecule has 0 fully saturated rings. The molecule has 20 heavy (non-hydrogen) atoms. The number of hydrogen-bond acceptors (Lipinski definition) is 4. The molecular weight excluding hydrogens is 257 g/mol. The number of oxazole rings is 1. The van der Waals surface area contributed by atoms with Crippen molar-refractivity contribution in [1.29, 1.82) is 0 Å². The van der Waals surface area contributed by atoms with Crippen molar-refractivity contribution in [3.05, 3.63) is 42.0 Å². The average Bonchev–Trinajstić information content (AvgIpc) is 2.86. The lowest BCUT2D eigenvalue weighted by atomic mass is 10.3. The van der Waals surface area contributed by atoms with Crippen molar-refractivity contribution in [1.82, 2.24) is 10.3 Å². The predicted molar refractivity (Wildman–Crippen MR) is 77.6 cm³/mol. The Morgan fingerprint density at radius 1 is 1.40 bits per heavy atom. The molecule has 108 valence electrons. The normalized spacial score (nSPS) is 11.1. The molecule has 1 aromatic carbocycles. The quantitative estimate of drug-likeness (QED) is 0.877. The van der Waals surface area contributed by atoms with Crippen LogP contribution in [0.4, 0.5) is 16.1 Å². The number of halogens is 1. The second-order valence-electron chi connectivity index (χ2n) is 4.88. The minimum Gasteiger partial charge on any atom is -0.431 e. The minimum atomic E-state index is -0.269. The van der Waals surface area contributed by atoms with Crippen LogP contribution >= 0.6 is 0 Å². The fourth-order valence-electron chi connectivity index (χ4n) is 1.88. The Morgan fingerprint density at radius 2 is 2.20 bits per heavy atom. The SMILES string of the molecule is CCN(c1cccc(F)c1)c1nc(CNC(C)C)co1. The maximum absolute atomic E-state index is 13.3. The molecule has 2 rings (SSSR count). The van der Waals surface area contributed by atoms with Crippen LogP contribution in [0.2, 0.25) is 0 Å². The van der Waals surface area contributed by atoms with Gasteiger partial charge in [-0.2, -0.15) is 4.98 Å². The van der Waals surface area contributed by atoms with E-state index in [4.69, 9.17) is 4.42 Å². The summed E-state index contributed by atoms with van der Waals surface area (Å²) in [6.45, 7) is 7.43. The second-order valence-corrected chi connectivity index (χ2v) is 4.88. The maximum atomic E-state index is 13.3. The molecule has 0 atom stereocenters. The van der Waals surface area contributed by atoms with Crippen molar-refractivity contribution < 1.29 is 8.81 Å². The minimum absolute atomic E-state index is 0.269. The number of benzene rings is 1. The van der Waals surface area contributed by atoms with Crippen LogP contribution in [0.3, 0.4) is 0 Å². The third-order valence-electron chi connectivity index (χ3n) is 2.90. The molecule has 0 bridgehead atoms. The molecule has 0 amide bonds. The maximum Gasteiger partial charge on any atom is 0.302 e. The first-order valence-corrected chi connectivity index (χ1v) is 6.81. The molecular formula is C15H20FN3O. The van der Waals surface area contributed by atoms with E-state index >= 15 is 0 Å². The Balaban J connectivity index is 2.16. The summed E-state index contributed by atoms with van der Waals surface area (Å²) in [7, 11) is 0. The van der Waals surface area contributed by atoms with Gasteiger partial charge in [-0.25, -0.2) is 4.39 Å². The second kappa shape index (κ2) is 6.52. The first-order valence-electron chi connectivity index (χ1n) is 6.81. The van der Waals surface area contributed by atoms with Crippen LogP contribution in [0.25, 0.3) is 0 Å². The summed E-state index contributed by atoms with van der Waals surface area (Å²) in [5, 5.41) is 3.28. The molecule has 0 saturated heterocycles. The van der Waals surface area contributed by atoms with Crippen LogP contribution in [0.1, 0.15) is 26.5 Å². The van der Waals surface area contributed by atoms with Crippen LogP contribution < -0.4 is 10.2 Å². The molecule has 1 aromatic heterocycles. The smallest absolute Gasteiger partial charge is 0.302 e. The standard InChI is InChI=1S/C15H20FN3O/c1-4-19(14-7-5-6-12(16)8-14)15-18-13(10-20-15)9-17-11(2)3/h5-8,10-11,17H,4,9H2,1-3H3. The van der Waals surface area contributed by atoms with Crippen LogP contribution in [-0.4, -0.2) is 17.6 Å². The molecule has 0 radical (unpaired) electrons. The molecule has 0 aliphatic rings. The lowest BCUT2D eigenvalue weighted by molar-refractivity contribution is 0.547. The first-order chi connectivity index (χ1) is 9.60. The highest BCUT2D eigenvalue weighted by Crippen LogP contribution is 2.24. The van der Waals surface area contributed by atoms with Gasteiger partial charge >= 0.3 is 6.01 Å². The summed E-state index contributed by atoms with van der Waals surface area (Å²) in [5.41, 5.74) is 1.57. The van der Waals surface area contributed by atoms with E-state index in [0.717, 1.165) is 11.4 Å². The van der Waals surface area contributed by atoms with E-state index in [1.807, 2.05) is 17.9 Å². The summed E-state index contributed by atoms with van der Waals surface area (Å²) < 4.78 is 18.8. The summed E-state index contributed by atoms with van der Waals surface area (Å²) in [6.07, 6.45) is 1.63. The Morgan fingerprint density at radius 3 is 2.85 bits per heavy atom. The molecule has 0 saturated carbocycles. The van der Waals surface area contributed by atoms with E-state index in [9.17, 15) is 4.39 Å². The molecule has 0 spiro atoms. The number of aromatic nitrogens is 1. The van der Waals surface area contributed by atoms with Gasteiger partial charge in [-0.3, -0.25) is 4.90 Å². The Labute approximate surface area is 118 Å². The van der Waals surface area contributed by atoms with Crippen molar-refractivity contribution >= 4 is 11.7 Å². The van der Waals surface area contributed by atoms with Gasteiger partial charge in [-0.15, -0.1) is 0 Å². The van der Waals surface area contributed by atoms with E-state index in [1.165, 1.54) is 12.1 Å². The van der Waals surface area contributed by atoms with Gasteiger partial charge < -0.3 is 9.73 Å². The zero-order valence-corrected chi connectivity index (χ0v) is 12.1. The number of nitrogens with zero attached hydrogens (tertiary/aromatic N) is 2. The number of rotatable bonds is 6. The van der Waals surface area contributed by atoms with Gasteiger partial charge in [0, 0.05) is 24.8 Å². The summed E-state index contributed by atoms with van der Waals surface area (Å²) in [5.74, 6) is -0.269. The summed E-state index contributed by atoms with van der Waals surface area (Å²) in [6, 6.07) is 7.28. The molecule has 0 unspecified atom stereocenters. The Hall–Kier alpha value is -1.88. The lowest BCUT2D eigenvalue weighted by Gasteiger charge is -2.18. The van der Waals surface area contributed by atoms with E-state index in [2.05, 4.69) is 24.1 Å². The zero-order valence-electron chi connectivity index (χ0n) is 12.1. The van der Waals surface area contributed by atoms with Crippen molar-refractivity contribution in [2.24, 2.45) is 0 Å². The molecule has 0 aliphatic heterocycles. The van der Waals surface area contributed by atoms with Gasteiger partial charge in [0.15, 0.2) is 0 Å². The molecule has 1 N–H and O–H groups in total. The molecule has 4 nitrogen and oxygen atoms in total. The third kappa shape index (κ3) is 3.57. The summed E-state index contributed by atoms with van der Waals surface area (Å²) in [4.78, 5) is 6.27. The summed E-state index contributed by atoms with van der Waals surface area (Å²) >= 11 is 0. The third-order valence-corrected chi connectivity index (χ3v) is 2.90. The van der Waals surface area contributed by atoms with E-state index in [0.29, 0.717) is 25.1 Å². The fraction of sp³-hybridized carbons (Fsp3) is 0.400. The Kier molecular flexibility index (Phi) is 4.74. The predicted octanol–water partition coefficient (Wildman–Crippen LogP) is 3.47. The molecule has 2 aromatic rings. The van der Waals surface area contributed by atoms with Gasteiger partial charge in [0.2, 0.25) is 0 Å². The van der Waals surface area contributed by atoms with E-state index < -0.39 is 0 Å². The molecule has 1 heterocycles. The van der Waals surface area contributed by atoms with Gasteiger partial charge in [0.25, 0.3) is 0 Å². The zero-order chi connectivity index (χ0) is 14.5. The average molecular weight is 277 g/mol. The van der Waals surface area contributed by atoms with Crippen LogP contribution in [0, 0.1) is 5.82 Å². The number of nitrogens with one attached hydrogen (secondary N) is 1.